The van der Waals surface area contributed by atoms with Gasteiger partial charge in [0, 0.05) is 40.2 Å². The van der Waals surface area contributed by atoms with E-state index in [-0.39, 0.29) is 12.2 Å². The van der Waals surface area contributed by atoms with Crippen molar-refractivity contribution in [2.24, 2.45) is 0 Å². The maximum atomic E-state index is 13.5. The van der Waals surface area contributed by atoms with Gasteiger partial charge >= 0.3 is 0 Å². The standard InChI is InChI=1S/C36H37Cl2N3O6S/c1-23-17-28(18-24(2)34(23)38)47-15-6-9-30-29-12-11-26(37)20-31(29)40-35(30)33(42)22-48(44,45)16-13-39-36(43)32-10-5-14-41(32)21-25-7-4-8-27(19-25)46-3/h4-5,7-8,10-12,14,17-20,40H,6,9,13,15-16,21-22H2,1-3H3,(H,39,43). The summed E-state index contributed by atoms with van der Waals surface area (Å²) in [6.45, 7) is 4.51. The first-order valence-corrected chi connectivity index (χ1v) is 18.0. The molecule has 0 atom stereocenters. The van der Waals surface area contributed by atoms with E-state index in [4.69, 9.17) is 32.7 Å². The molecule has 0 aliphatic rings. The van der Waals surface area contributed by atoms with Gasteiger partial charge in [-0.25, -0.2) is 8.42 Å². The lowest BCUT2D eigenvalue weighted by molar-refractivity contribution is 0.0946. The number of carbonyl (C=O) groups excluding carboxylic acids is 2. The number of aromatic amines is 1. The lowest BCUT2D eigenvalue weighted by atomic mass is 10.0. The lowest BCUT2D eigenvalue weighted by Gasteiger charge is -2.11. The van der Waals surface area contributed by atoms with Gasteiger partial charge in [-0.3, -0.25) is 9.59 Å². The van der Waals surface area contributed by atoms with Crippen LogP contribution >= 0.6 is 23.2 Å². The highest BCUT2D eigenvalue weighted by Crippen LogP contribution is 2.29. The summed E-state index contributed by atoms with van der Waals surface area (Å²) in [4.78, 5) is 29.5. The van der Waals surface area contributed by atoms with Crippen molar-refractivity contribution in [3.05, 3.63) is 117 Å². The molecule has 0 aliphatic carbocycles. The number of nitrogens with zero attached hydrogens (tertiary/aromatic N) is 1. The number of ether oxygens (including phenoxy) is 2. The lowest BCUT2D eigenvalue weighted by Crippen LogP contribution is -2.32. The number of benzene rings is 3. The van der Waals surface area contributed by atoms with Gasteiger partial charge in [-0.05, 0) is 97.5 Å². The van der Waals surface area contributed by atoms with E-state index in [0.29, 0.717) is 64.3 Å². The molecule has 9 nitrogen and oxygen atoms in total. The second kappa shape index (κ2) is 15.3. The Morgan fingerprint density at radius 1 is 0.958 bits per heavy atom. The Morgan fingerprint density at radius 3 is 2.48 bits per heavy atom. The van der Waals surface area contributed by atoms with Crippen molar-refractivity contribution in [3.63, 3.8) is 0 Å². The van der Waals surface area contributed by atoms with E-state index < -0.39 is 33.0 Å². The third-order valence-corrected chi connectivity index (χ3v) is 10.4. The fourth-order valence-corrected chi connectivity index (χ4v) is 7.02. The molecule has 0 saturated heterocycles. The van der Waals surface area contributed by atoms with Crippen molar-refractivity contribution in [1.29, 1.82) is 0 Å². The van der Waals surface area contributed by atoms with Crippen LogP contribution in [0.25, 0.3) is 10.9 Å². The molecule has 0 saturated carbocycles. The molecule has 2 N–H and O–H groups in total. The van der Waals surface area contributed by atoms with Gasteiger partial charge in [0.1, 0.15) is 22.9 Å². The number of sulfone groups is 1. The molecule has 0 unspecified atom stereocenters. The van der Waals surface area contributed by atoms with Crippen molar-refractivity contribution in [2.75, 3.05) is 31.8 Å². The van der Waals surface area contributed by atoms with Crippen molar-refractivity contribution in [2.45, 2.75) is 33.2 Å². The highest BCUT2D eigenvalue weighted by atomic mass is 35.5. The molecule has 0 spiro atoms. The molecule has 2 heterocycles. The van der Waals surface area contributed by atoms with Crippen molar-refractivity contribution < 1.29 is 27.5 Å². The van der Waals surface area contributed by atoms with Crippen LogP contribution in [0.1, 0.15) is 49.7 Å². The third kappa shape index (κ3) is 8.61. The number of aryl methyl sites for hydroxylation is 3. The van der Waals surface area contributed by atoms with Gasteiger partial charge in [0.05, 0.1) is 25.2 Å². The van der Waals surface area contributed by atoms with E-state index >= 15 is 0 Å². The Labute approximate surface area is 290 Å². The molecule has 0 radical (unpaired) electrons. The first kappa shape index (κ1) is 35.1. The molecule has 0 fully saturated rings. The number of methoxy groups -OCH3 is 1. The first-order valence-electron chi connectivity index (χ1n) is 15.4. The zero-order valence-corrected chi connectivity index (χ0v) is 29.3. The number of hydrogen-bond donors (Lipinski definition) is 2. The second-order valence-electron chi connectivity index (χ2n) is 11.6. The van der Waals surface area contributed by atoms with Crippen molar-refractivity contribution in [3.8, 4) is 11.5 Å². The summed E-state index contributed by atoms with van der Waals surface area (Å²) in [7, 11) is -2.27. The molecule has 5 rings (SSSR count). The third-order valence-electron chi connectivity index (χ3n) is 8.00. The molecular formula is C36H37Cl2N3O6S. The summed E-state index contributed by atoms with van der Waals surface area (Å²) in [6, 6.07) is 20.0. The average molecular weight is 711 g/mol. The van der Waals surface area contributed by atoms with Crippen molar-refractivity contribution >= 4 is 55.6 Å². The van der Waals surface area contributed by atoms with Crippen LogP contribution in [0.15, 0.2) is 72.9 Å². The Hall–Kier alpha value is -4.25. The number of halogens is 2. The molecule has 252 valence electrons. The SMILES string of the molecule is COc1cccc(Cn2cccc2C(=O)NCCS(=O)(=O)CC(=O)c2[nH]c3cc(Cl)ccc3c2CCCOc2cc(C)c(Cl)c(C)c2)c1. The number of amides is 1. The average Bonchev–Trinajstić information content (AvgIpc) is 3.65. The monoisotopic (exact) mass is 709 g/mol. The maximum Gasteiger partial charge on any atom is 0.267 e. The van der Waals surface area contributed by atoms with E-state index in [1.165, 1.54) is 0 Å². The Morgan fingerprint density at radius 2 is 1.73 bits per heavy atom. The largest absolute Gasteiger partial charge is 0.497 e. The minimum Gasteiger partial charge on any atom is -0.497 e. The molecule has 48 heavy (non-hydrogen) atoms. The van der Waals surface area contributed by atoms with Crippen LogP contribution in [0.4, 0.5) is 0 Å². The number of rotatable bonds is 15. The number of ketones is 1. The van der Waals surface area contributed by atoms with E-state index in [1.807, 2.05) is 56.3 Å². The topological polar surface area (TPSA) is 119 Å². The van der Waals surface area contributed by atoms with Crippen LogP contribution in [0.3, 0.4) is 0 Å². The van der Waals surface area contributed by atoms with Crippen LogP contribution in [0.5, 0.6) is 11.5 Å². The van der Waals surface area contributed by atoms with Crippen LogP contribution in [-0.2, 0) is 22.8 Å². The Bertz CT molecular complexity index is 2050. The first-order chi connectivity index (χ1) is 22.9. The Kier molecular flexibility index (Phi) is 11.2. The van der Waals surface area contributed by atoms with Gasteiger partial charge in [0.25, 0.3) is 5.91 Å². The number of Topliss-reactive ketones (excluding diaryl/α,β-unsaturated/α-hetero) is 1. The predicted octanol–water partition coefficient (Wildman–Crippen LogP) is 6.99. The summed E-state index contributed by atoms with van der Waals surface area (Å²) >= 11 is 12.5. The van der Waals surface area contributed by atoms with Gasteiger partial charge in [-0.1, -0.05) is 41.4 Å². The zero-order chi connectivity index (χ0) is 34.4. The molecule has 3 aromatic carbocycles. The van der Waals surface area contributed by atoms with Crippen LogP contribution in [-0.4, -0.2) is 61.4 Å². The fourth-order valence-electron chi connectivity index (χ4n) is 5.63. The summed E-state index contributed by atoms with van der Waals surface area (Å²) < 4.78 is 39.2. The van der Waals surface area contributed by atoms with Crippen LogP contribution < -0.4 is 14.8 Å². The van der Waals surface area contributed by atoms with E-state index in [9.17, 15) is 18.0 Å². The summed E-state index contributed by atoms with van der Waals surface area (Å²) in [5, 5.41) is 4.67. The minimum atomic E-state index is -3.86. The van der Waals surface area contributed by atoms with Crippen LogP contribution in [0.2, 0.25) is 10.0 Å². The highest BCUT2D eigenvalue weighted by Gasteiger charge is 2.24. The van der Waals surface area contributed by atoms with Gasteiger partial charge in [-0.15, -0.1) is 0 Å². The predicted molar refractivity (Wildman–Crippen MR) is 190 cm³/mol. The smallest absolute Gasteiger partial charge is 0.267 e. The normalized spacial score (nSPS) is 11.5. The second-order valence-corrected chi connectivity index (χ2v) is 14.6. The summed E-state index contributed by atoms with van der Waals surface area (Å²) in [5.74, 6) is -0.647. The Balaban J connectivity index is 1.20. The summed E-state index contributed by atoms with van der Waals surface area (Å²) in [5.41, 5.74) is 4.76. The number of aromatic nitrogens is 2. The zero-order valence-electron chi connectivity index (χ0n) is 26.9. The van der Waals surface area contributed by atoms with Crippen molar-refractivity contribution in [1.82, 2.24) is 14.9 Å². The van der Waals surface area contributed by atoms with E-state index in [2.05, 4.69) is 10.3 Å². The van der Waals surface area contributed by atoms with E-state index in [0.717, 1.165) is 22.1 Å². The molecule has 0 bridgehead atoms. The van der Waals surface area contributed by atoms with Gasteiger partial charge in [0.2, 0.25) is 0 Å². The molecular weight excluding hydrogens is 673 g/mol. The fraction of sp³-hybridized carbons (Fsp3) is 0.278. The number of nitrogens with one attached hydrogen (secondary N) is 2. The number of H-pyrrole nitrogens is 1. The number of hydrogen-bond acceptors (Lipinski definition) is 6. The molecule has 12 heteroatoms. The number of fused-ring (bicyclic) bond motifs is 1. The molecule has 1 amide bonds. The van der Waals surface area contributed by atoms with Gasteiger partial charge < -0.3 is 24.3 Å². The highest BCUT2D eigenvalue weighted by molar-refractivity contribution is 7.92. The van der Waals surface area contributed by atoms with Gasteiger partial charge in [0.15, 0.2) is 15.6 Å². The maximum absolute atomic E-state index is 13.5. The summed E-state index contributed by atoms with van der Waals surface area (Å²) in [6.07, 6.45) is 2.83. The van der Waals surface area contributed by atoms with E-state index in [1.54, 1.807) is 42.1 Å². The molecule has 2 aromatic heterocycles. The molecule has 0 aliphatic heterocycles. The minimum absolute atomic E-state index is 0.144. The molecule has 5 aromatic rings. The quantitative estimate of drug-likeness (QED) is 0.0894. The van der Waals surface area contributed by atoms with Gasteiger partial charge in [-0.2, -0.15) is 0 Å². The van der Waals surface area contributed by atoms with Crippen LogP contribution in [0, 0.1) is 13.8 Å². The number of carbonyl (C=O) groups is 2.